The Bertz CT molecular complexity index is 896. The number of anilines is 1. The summed E-state index contributed by atoms with van der Waals surface area (Å²) in [5.74, 6) is -1.50. The molecule has 2 aromatic carbocycles. The first kappa shape index (κ1) is 16.7. The van der Waals surface area contributed by atoms with Crippen LogP contribution in [0.4, 0.5) is 5.69 Å². The standard InChI is InChI=1S/C17H14ClN5O2/c18-15-7-2-1-4-12(15)9-19-16(24)17(25)22-13-5-3-6-14(8-13)23-10-20-21-11-23/h1-8,10-11H,9H2,(H,19,24)(H,22,25). The van der Waals surface area contributed by atoms with Gasteiger partial charge in [0.2, 0.25) is 0 Å². The number of carbonyl (C=O) groups excluding carboxylic acids is 2. The van der Waals surface area contributed by atoms with Crippen molar-refractivity contribution < 1.29 is 9.59 Å². The van der Waals surface area contributed by atoms with Crippen molar-refractivity contribution in [2.75, 3.05) is 5.32 Å². The molecule has 0 spiro atoms. The number of amides is 2. The second-order valence-corrected chi connectivity index (χ2v) is 5.55. The number of halogens is 1. The van der Waals surface area contributed by atoms with E-state index in [-0.39, 0.29) is 6.54 Å². The van der Waals surface area contributed by atoms with Gasteiger partial charge in [0.1, 0.15) is 12.7 Å². The first-order valence-electron chi connectivity index (χ1n) is 7.41. The van der Waals surface area contributed by atoms with Crippen LogP contribution >= 0.6 is 11.6 Å². The molecule has 3 aromatic rings. The fourth-order valence-electron chi connectivity index (χ4n) is 2.16. The van der Waals surface area contributed by atoms with E-state index >= 15 is 0 Å². The van der Waals surface area contributed by atoms with Gasteiger partial charge in [0.15, 0.2) is 0 Å². The van der Waals surface area contributed by atoms with Crippen LogP contribution in [0.5, 0.6) is 0 Å². The quantitative estimate of drug-likeness (QED) is 0.702. The Morgan fingerprint density at radius 2 is 1.76 bits per heavy atom. The van der Waals surface area contributed by atoms with Gasteiger partial charge in [0.05, 0.1) is 5.69 Å². The molecule has 0 atom stereocenters. The number of nitrogens with zero attached hydrogens (tertiary/aromatic N) is 3. The topological polar surface area (TPSA) is 88.9 Å². The Kier molecular flexibility index (Phi) is 5.06. The fourth-order valence-corrected chi connectivity index (χ4v) is 2.37. The Morgan fingerprint density at radius 1 is 1.00 bits per heavy atom. The minimum absolute atomic E-state index is 0.173. The molecule has 126 valence electrons. The van der Waals surface area contributed by atoms with Crippen LogP contribution in [0.3, 0.4) is 0 Å². The first-order valence-corrected chi connectivity index (χ1v) is 7.79. The number of hydrogen-bond acceptors (Lipinski definition) is 4. The van der Waals surface area contributed by atoms with Crippen LogP contribution in [0, 0.1) is 0 Å². The average Bonchev–Trinajstić information content (AvgIpc) is 3.15. The van der Waals surface area contributed by atoms with Gasteiger partial charge in [-0.15, -0.1) is 10.2 Å². The highest BCUT2D eigenvalue weighted by atomic mass is 35.5. The van der Waals surface area contributed by atoms with Crippen LogP contribution < -0.4 is 10.6 Å². The number of aromatic nitrogens is 3. The highest BCUT2D eigenvalue weighted by molar-refractivity contribution is 6.39. The fraction of sp³-hybridized carbons (Fsp3) is 0.0588. The molecule has 1 aromatic heterocycles. The van der Waals surface area contributed by atoms with Crippen molar-refractivity contribution in [2.45, 2.75) is 6.54 Å². The second kappa shape index (κ2) is 7.59. The molecule has 0 aliphatic carbocycles. The van der Waals surface area contributed by atoms with Crippen LogP contribution in [0.2, 0.25) is 5.02 Å². The summed E-state index contributed by atoms with van der Waals surface area (Å²) in [4.78, 5) is 24.0. The molecule has 0 aliphatic rings. The highest BCUT2D eigenvalue weighted by Crippen LogP contribution is 2.15. The summed E-state index contributed by atoms with van der Waals surface area (Å²) < 4.78 is 1.69. The molecule has 7 nitrogen and oxygen atoms in total. The summed E-state index contributed by atoms with van der Waals surface area (Å²) in [6.45, 7) is 0.173. The lowest BCUT2D eigenvalue weighted by molar-refractivity contribution is -0.136. The van der Waals surface area contributed by atoms with E-state index in [2.05, 4.69) is 20.8 Å². The summed E-state index contributed by atoms with van der Waals surface area (Å²) in [7, 11) is 0. The Balaban J connectivity index is 1.61. The number of rotatable bonds is 4. The normalized spacial score (nSPS) is 10.3. The summed E-state index contributed by atoms with van der Waals surface area (Å²) in [6, 6.07) is 14.1. The summed E-state index contributed by atoms with van der Waals surface area (Å²) in [5, 5.41) is 13.1. The zero-order valence-electron chi connectivity index (χ0n) is 13.0. The molecule has 2 N–H and O–H groups in total. The van der Waals surface area contributed by atoms with Crippen LogP contribution in [-0.2, 0) is 16.1 Å². The number of benzene rings is 2. The SMILES string of the molecule is O=C(NCc1ccccc1Cl)C(=O)Nc1cccc(-n2cnnc2)c1. The lowest BCUT2D eigenvalue weighted by atomic mass is 10.2. The maximum atomic E-state index is 12.0. The molecule has 0 aliphatic heterocycles. The zero-order chi connectivity index (χ0) is 17.6. The molecule has 0 fully saturated rings. The molecule has 0 unspecified atom stereocenters. The van der Waals surface area contributed by atoms with Gasteiger partial charge < -0.3 is 10.6 Å². The van der Waals surface area contributed by atoms with Crippen molar-refractivity contribution in [3.8, 4) is 5.69 Å². The lowest BCUT2D eigenvalue weighted by Crippen LogP contribution is -2.35. The van der Waals surface area contributed by atoms with Crippen LogP contribution in [-0.4, -0.2) is 26.6 Å². The van der Waals surface area contributed by atoms with E-state index in [1.165, 1.54) is 12.7 Å². The van der Waals surface area contributed by atoms with E-state index in [0.29, 0.717) is 10.7 Å². The van der Waals surface area contributed by atoms with Gasteiger partial charge in [-0.05, 0) is 29.8 Å². The van der Waals surface area contributed by atoms with Gasteiger partial charge in [0, 0.05) is 17.3 Å². The van der Waals surface area contributed by atoms with E-state index in [9.17, 15) is 9.59 Å². The molecule has 25 heavy (non-hydrogen) atoms. The van der Waals surface area contributed by atoms with Gasteiger partial charge in [-0.25, -0.2) is 0 Å². The Labute approximate surface area is 148 Å². The number of hydrogen-bond donors (Lipinski definition) is 2. The molecule has 0 saturated heterocycles. The number of carbonyl (C=O) groups is 2. The maximum Gasteiger partial charge on any atom is 0.313 e. The van der Waals surface area contributed by atoms with Crippen molar-refractivity contribution >= 4 is 29.1 Å². The van der Waals surface area contributed by atoms with Crippen molar-refractivity contribution in [1.29, 1.82) is 0 Å². The third kappa shape index (κ3) is 4.21. The Hall–Kier alpha value is -3.19. The van der Waals surface area contributed by atoms with Crippen molar-refractivity contribution in [1.82, 2.24) is 20.1 Å². The van der Waals surface area contributed by atoms with Crippen molar-refractivity contribution in [2.24, 2.45) is 0 Å². The first-order chi connectivity index (χ1) is 12.1. The van der Waals surface area contributed by atoms with Gasteiger partial charge in [-0.3, -0.25) is 14.2 Å². The maximum absolute atomic E-state index is 12.0. The van der Waals surface area contributed by atoms with E-state index in [1.807, 2.05) is 12.1 Å². The van der Waals surface area contributed by atoms with E-state index < -0.39 is 11.8 Å². The largest absolute Gasteiger partial charge is 0.344 e. The van der Waals surface area contributed by atoms with Crippen molar-refractivity contribution in [3.05, 3.63) is 71.8 Å². The smallest absolute Gasteiger partial charge is 0.313 e. The van der Waals surface area contributed by atoms with Crippen LogP contribution in [0.1, 0.15) is 5.56 Å². The van der Waals surface area contributed by atoms with E-state index in [4.69, 9.17) is 11.6 Å². The molecule has 0 bridgehead atoms. The zero-order valence-corrected chi connectivity index (χ0v) is 13.8. The minimum Gasteiger partial charge on any atom is -0.344 e. The minimum atomic E-state index is -0.757. The van der Waals surface area contributed by atoms with E-state index in [1.54, 1.807) is 41.0 Å². The monoisotopic (exact) mass is 355 g/mol. The van der Waals surface area contributed by atoms with Gasteiger partial charge in [0.25, 0.3) is 0 Å². The lowest BCUT2D eigenvalue weighted by Gasteiger charge is -2.09. The molecular weight excluding hydrogens is 342 g/mol. The summed E-state index contributed by atoms with van der Waals surface area (Å²) in [6.07, 6.45) is 3.08. The molecule has 1 heterocycles. The molecule has 0 radical (unpaired) electrons. The van der Waals surface area contributed by atoms with Crippen LogP contribution in [0.15, 0.2) is 61.2 Å². The Morgan fingerprint density at radius 3 is 2.52 bits per heavy atom. The molecule has 2 amide bonds. The highest BCUT2D eigenvalue weighted by Gasteiger charge is 2.14. The third-order valence-corrected chi connectivity index (χ3v) is 3.79. The van der Waals surface area contributed by atoms with Crippen LogP contribution in [0.25, 0.3) is 5.69 Å². The number of nitrogens with one attached hydrogen (secondary N) is 2. The van der Waals surface area contributed by atoms with Gasteiger partial charge >= 0.3 is 11.8 Å². The summed E-state index contributed by atoms with van der Waals surface area (Å²) >= 11 is 6.02. The average molecular weight is 356 g/mol. The van der Waals surface area contributed by atoms with Gasteiger partial charge in [-0.1, -0.05) is 35.9 Å². The summed E-state index contributed by atoms with van der Waals surface area (Å²) in [5.41, 5.74) is 1.99. The van der Waals surface area contributed by atoms with Crippen molar-refractivity contribution in [3.63, 3.8) is 0 Å². The predicted molar refractivity (Wildman–Crippen MR) is 93.3 cm³/mol. The second-order valence-electron chi connectivity index (χ2n) is 5.15. The molecule has 0 saturated carbocycles. The molecular formula is C17H14ClN5O2. The predicted octanol–water partition coefficient (Wildman–Crippen LogP) is 2.18. The molecule has 3 rings (SSSR count). The molecule has 8 heteroatoms. The van der Waals surface area contributed by atoms with Gasteiger partial charge in [-0.2, -0.15) is 0 Å². The van der Waals surface area contributed by atoms with E-state index in [0.717, 1.165) is 11.3 Å². The third-order valence-electron chi connectivity index (χ3n) is 3.42.